The van der Waals surface area contributed by atoms with Gasteiger partial charge in [0.25, 0.3) is 5.91 Å². The summed E-state index contributed by atoms with van der Waals surface area (Å²) < 4.78 is 2.55. The third-order valence-corrected chi connectivity index (χ3v) is 4.58. The van der Waals surface area contributed by atoms with E-state index in [0.29, 0.717) is 23.7 Å². The first-order chi connectivity index (χ1) is 12.6. The molecule has 2 heterocycles. The summed E-state index contributed by atoms with van der Waals surface area (Å²) in [5.74, 6) is 0.542. The van der Waals surface area contributed by atoms with Gasteiger partial charge in [-0.05, 0) is 24.6 Å². The molecule has 26 heavy (non-hydrogen) atoms. The van der Waals surface area contributed by atoms with Crippen molar-refractivity contribution in [1.82, 2.24) is 25.1 Å². The highest BCUT2D eigenvalue weighted by atomic mass is 79.9. The molecule has 0 spiro atoms. The SMILES string of the molecule is CCCNc1ncnc2c1cnn2CCNC(=O)c1cc(Br)ccc1Cl. The van der Waals surface area contributed by atoms with E-state index in [0.717, 1.165) is 34.3 Å². The Hall–Kier alpha value is -2.19. The van der Waals surface area contributed by atoms with Crippen LogP contribution in [0.3, 0.4) is 0 Å². The Morgan fingerprint density at radius 1 is 1.31 bits per heavy atom. The third kappa shape index (κ3) is 4.13. The van der Waals surface area contributed by atoms with E-state index in [4.69, 9.17) is 11.6 Å². The Balaban J connectivity index is 1.67. The highest BCUT2D eigenvalue weighted by Crippen LogP contribution is 2.21. The zero-order chi connectivity index (χ0) is 18.5. The van der Waals surface area contributed by atoms with Gasteiger partial charge < -0.3 is 10.6 Å². The van der Waals surface area contributed by atoms with Crippen molar-refractivity contribution in [2.45, 2.75) is 19.9 Å². The average molecular weight is 438 g/mol. The van der Waals surface area contributed by atoms with Gasteiger partial charge in [-0.25, -0.2) is 14.6 Å². The number of hydrogen-bond donors (Lipinski definition) is 2. The highest BCUT2D eigenvalue weighted by molar-refractivity contribution is 9.10. The van der Waals surface area contributed by atoms with Crippen molar-refractivity contribution in [2.75, 3.05) is 18.4 Å². The Bertz CT molecular complexity index is 929. The standard InChI is InChI=1S/C17H18BrClN6O/c1-2-5-20-15-13-9-24-25(16(13)23-10-22-15)7-6-21-17(26)12-8-11(18)3-4-14(12)19/h3-4,8-10H,2,5-7H2,1H3,(H,21,26)(H,20,22,23). The van der Waals surface area contributed by atoms with Crippen molar-refractivity contribution in [2.24, 2.45) is 0 Å². The molecule has 136 valence electrons. The number of hydrogen-bond acceptors (Lipinski definition) is 5. The number of nitrogens with one attached hydrogen (secondary N) is 2. The van der Waals surface area contributed by atoms with Crippen LogP contribution in [0.5, 0.6) is 0 Å². The molecule has 0 bridgehead atoms. The van der Waals surface area contributed by atoms with Crippen molar-refractivity contribution < 1.29 is 4.79 Å². The van der Waals surface area contributed by atoms with Crippen LogP contribution in [0.1, 0.15) is 23.7 Å². The van der Waals surface area contributed by atoms with Crippen LogP contribution in [-0.4, -0.2) is 38.7 Å². The lowest BCUT2D eigenvalue weighted by molar-refractivity contribution is 0.0952. The van der Waals surface area contributed by atoms with Crippen molar-refractivity contribution in [3.05, 3.63) is 45.8 Å². The summed E-state index contributed by atoms with van der Waals surface area (Å²) in [4.78, 5) is 20.9. The van der Waals surface area contributed by atoms with E-state index in [1.54, 1.807) is 29.1 Å². The first kappa shape index (κ1) is 18.6. The summed E-state index contributed by atoms with van der Waals surface area (Å²) in [7, 11) is 0. The molecule has 0 atom stereocenters. The first-order valence-electron chi connectivity index (χ1n) is 8.23. The molecule has 1 amide bonds. The molecule has 0 aliphatic carbocycles. The second kappa shape index (κ2) is 8.46. The third-order valence-electron chi connectivity index (χ3n) is 3.76. The molecule has 1 aromatic carbocycles. The fraction of sp³-hybridized carbons (Fsp3) is 0.294. The van der Waals surface area contributed by atoms with Gasteiger partial charge in [-0.1, -0.05) is 34.5 Å². The van der Waals surface area contributed by atoms with Gasteiger partial charge in [-0.3, -0.25) is 4.79 Å². The normalized spacial score (nSPS) is 10.9. The monoisotopic (exact) mass is 436 g/mol. The summed E-state index contributed by atoms with van der Waals surface area (Å²) in [6, 6.07) is 5.17. The van der Waals surface area contributed by atoms with Gasteiger partial charge in [0.15, 0.2) is 5.65 Å². The number of benzene rings is 1. The number of aromatic nitrogens is 4. The summed E-state index contributed by atoms with van der Waals surface area (Å²) in [6.07, 6.45) is 4.25. The lowest BCUT2D eigenvalue weighted by Gasteiger charge is -2.08. The minimum absolute atomic E-state index is 0.229. The first-order valence-corrected chi connectivity index (χ1v) is 9.41. The van der Waals surface area contributed by atoms with Gasteiger partial charge in [0.1, 0.15) is 12.1 Å². The number of carbonyl (C=O) groups is 1. The molecule has 0 saturated heterocycles. The van der Waals surface area contributed by atoms with Crippen LogP contribution in [0.25, 0.3) is 11.0 Å². The average Bonchev–Trinajstić information content (AvgIpc) is 3.05. The quantitative estimate of drug-likeness (QED) is 0.591. The van der Waals surface area contributed by atoms with Crippen molar-refractivity contribution in [1.29, 1.82) is 0 Å². The van der Waals surface area contributed by atoms with E-state index >= 15 is 0 Å². The van der Waals surface area contributed by atoms with Gasteiger partial charge in [0.05, 0.1) is 28.7 Å². The minimum atomic E-state index is -0.229. The molecule has 0 saturated carbocycles. The molecular formula is C17H18BrClN6O. The Morgan fingerprint density at radius 3 is 2.96 bits per heavy atom. The number of carbonyl (C=O) groups excluding carboxylic acids is 1. The van der Waals surface area contributed by atoms with E-state index in [1.165, 1.54) is 6.33 Å². The zero-order valence-corrected chi connectivity index (χ0v) is 16.5. The topological polar surface area (TPSA) is 84.7 Å². The van der Waals surface area contributed by atoms with E-state index in [1.807, 2.05) is 0 Å². The summed E-state index contributed by atoms with van der Waals surface area (Å²) in [5.41, 5.74) is 1.16. The fourth-order valence-electron chi connectivity index (χ4n) is 2.48. The number of amides is 1. The second-order valence-electron chi connectivity index (χ2n) is 5.63. The number of halogens is 2. The van der Waals surface area contributed by atoms with Crippen LogP contribution < -0.4 is 10.6 Å². The maximum absolute atomic E-state index is 12.3. The maximum Gasteiger partial charge on any atom is 0.252 e. The van der Waals surface area contributed by atoms with Crippen molar-refractivity contribution >= 4 is 50.3 Å². The molecule has 0 radical (unpaired) electrons. The van der Waals surface area contributed by atoms with Crippen molar-refractivity contribution in [3.63, 3.8) is 0 Å². The molecule has 0 aliphatic rings. The molecule has 0 unspecified atom stereocenters. The number of fused-ring (bicyclic) bond motifs is 1. The molecule has 7 nitrogen and oxygen atoms in total. The molecule has 2 N–H and O–H groups in total. The van der Waals surface area contributed by atoms with Gasteiger partial charge in [0, 0.05) is 17.6 Å². The molecule has 3 aromatic rings. The van der Waals surface area contributed by atoms with Crippen LogP contribution in [0, 0.1) is 0 Å². The summed E-state index contributed by atoms with van der Waals surface area (Å²) in [5, 5.41) is 11.7. The smallest absolute Gasteiger partial charge is 0.252 e. The van der Waals surface area contributed by atoms with Gasteiger partial charge in [-0.15, -0.1) is 0 Å². The molecule has 0 aliphatic heterocycles. The largest absolute Gasteiger partial charge is 0.369 e. The Labute approximate surface area is 164 Å². The second-order valence-corrected chi connectivity index (χ2v) is 6.96. The Kier molecular flexibility index (Phi) is 6.05. The molecule has 2 aromatic heterocycles. The van der Waals surface area contributed by atoms with Crippen LogP contribution in [0.2, 0.25) is 5.02 Å². The van der Waals surface area contributed by atoms with E-state index < -0.39 is 0 Å². The summed E-state index contributed by atoms with van der Waals surface area (Å²) >= 11 is 9.43. The minimum Gasteiger partial charge on any atom is -0.369 e. The fourth-order valence-corrected chi connectivity index (χ4v) is 3.05. The zero-order valence-electron chi connectivity index (χ0n) is 14.2. The van der Waals surface area contributed by atoms with E-state index in [9.17, 15) is 4.79 Å². The predicted octanol–water partition coefficient (Wildman–Crippen LogP) is 3.49. The lowest BCUT2D eigenvalue weighted by Crippen LogP contribution is -2.27. The van der Waals surface area contributed by atoms with Crippen LogP contribution >= 0.6 is 27.5 Å². The maximum atomic E-state index is 12.3. The molecule has 3 rings (SSSR count). The highest BCUT2D eigenvalue weighted by Gasteiger charge is 2.12. The Morgan fingerprint density at radius 2 is 2.15 bits per heavy atom. The predicted molar refractivity (Wildman–Crippen MR) is 106 cm³/mol. The van der Waals surface area contributed by atoms with Crippen molar-refractivity contribution in [3.8, 4) is 0 Å². The van der Waals surface area contributed by atoms with Gasteiger partial charge in [-0.2, -0.15) is 5.10 Å². The lowest BCUT2D eigenvalue weighted by atomic mass is 10.2. The van der Waals surface area contributed by atoms with Crippen LogP contribution in [0.15, 0.2) is 35.2 Å². The van der Waals surface area contributed by atoms with Crippen LogP contribution in [0.4, 0.5) is 5.82 Å². The summed E-state index contributed by atoms with van der Waals surface area (Å²) in [6.45, 7) is 3.82. The van der Waals surface area contributed by atoms with E-state index in [-0.39, 0.29) is 5.91 Å². The molecular weight excluding hydrogens is 420 g/mol. The number of rotatable bonds is 7. The number of nitrogens with zero attached hydrogens (tertiary/aromatic N) is 4. The molecule has 9 heteroatoms. The van der Waals surface area contributed by atoms with E-state index in [2.05, 4.69) is 48.6 Å². The molecule has 0 fully saturated rings. The van der Waals surface area contributed by atoms with Crippen LogP contribution in [-0.2, 0) is 6.54 Å². The number of anilines is 1. The van der Waals surface area contributed by atoms with Gasteiger partial charge >= 0.3 is 0 Å². The van der Waals surface area contributed by atoms with Gasteiger partial charge in [0.2, 0.25) is 0 Å².